The molecule has 1 aromatic carbocycles. The summed E-state index contributed by atoms with van der Waals surface area (Å²) in [6, 6.07) is 6.75. The fraction of sp³-hybridized carbons (Fsp3) is 0.529. The first-order chi connectivity index (χ1) is 22.2. The first kappa shape index (κ1) is 32.8. The molecule has 2 saturated heterocycles. The van der Waals surface area contributed by atoms with E-state index in [0.29, 0.717) is 33.0 Å². The van der Waals surface area contributed by atoms with Crippen molar-refractivity contribution in [1.29, 1.82) is 0 Å². The van der Waals surface area contributed by atoms with E-state index in [2.05, 4.69) is 16.9 Å². The van der Waals surface area contributed by atoms with Crippen molar-refractivity contribution in [3.8, 4) is 0 Å². The number of pyridine rings is 1. The summed E-state index contributed by atoms with van der Waals surface area (Å²) < 4.78 is 30.2. The van der Waals surface area contributed by atoms with E-state index in [4.69, 9.17) is 28.2 Å². The summed E-state index contributed by atoms with van der Waals surface area (Å²) in [7, 11) is 2.10. The third-order valence-corrected chi connectivity index (χ3v) is 12.2. The van der Waals surface area contributed by atoms with Gasteiger partial charge in [0, 0.05) is 48.5 Å². The molecule has 3 fully saturated rings. The smallest absolute Gasteiger partial charge is 0.263 e. The second kappa shape index (κ2) is 11.7. The van der Waals surface area contributed by atoms with Gasteiger partial charge in [-0.3, -0.25) is 14.5 Å². The van der Waals surface area contributed by atoms with Gasteiger partial charge in [-0.05, 0) is 75.2 Å². The van der Waals surface area contributed by atoms with Gasteiger partial charge in [0.15, 0.2) is 5.17 Å². The van der Waals surface area contributed by atoms with Crippen LogP contribution in [0.2, 0.25) is 10.2 Å². The first-order valence-electron chi connectivity index (χ1n) is 16.1. The number of amides is 2. The van der Waals surface area contributed by atoms with E-state index in [0.717, 1.165) is 24.9 Å². The largest absolute Gasteiger partial charge is 0.335 e. The SMILES string of the molecule is CC(C)C1=C(C(=O)N2C[C@H](F)C[C@H]2C(=O)N2CC3(CC3)N(C)C[C@H]2C)SC2=N[C@@](C)(c3ccc(Cl)nc3)[C@@H](c3ccc(Cl)c(F)c3)N21. The van der Waals surface area contributed by atoms with Gasteiger partial charge in [0.1, 0.15) is 33.6 Å². The normalized spacial score (nSPS) is 30.1. The van der Waals surface area contributed by atoms with Crippen LogP contribution < -0.4 is 0 Å². The van der Waals surface area contributed by atoms with Gasteiger partial charge >= 0.3 is 0 Å². The van der Waals surface area contributed by atoms with Crippen LogP contribution in [0.25, 0.3) is 0 Å². The first-order valence-corrected chi connectivity index (χ1v) is 17.7. The number of carbonyl (C=O) groups excluding carboxylic acids is 2. The number of likely N-dealkylation sites (N-methyl/N-ethyl adjacent to an activating group) is 1. The molecule has 1 saturated carbocycles. The molecule has 13 heteroatoms. The highest BCUT2D eigenvalue weighted by molar-refractivity contribution is 8.18. The number of alkyl halides is 1. The van der Waals surface area contributed by atoms with Crippen molar-refractivity contribution < 1.29 is 18.4 Å². The lowest BCUT2D eigenvalue weighted by Crippen LogP contribution is -2.62. The van der Waals surface area contributed by atoms with Crippen LogP contribution in [0.1, 0.15) is 64.1 Å². The van der Waals surface area contributed by atoms with Crippen LogP contribution in [0.5, 0.6) is 0 Å². The van der Waals surface area contributed by atoms with Crippen molar-refractivity contribution in [3.63, 3.8) is 0 Å². The maximum Gasteiger partial charge on any atom is 0.263 e. The number of benzene rings is 1. The van der Waals surface area contributed by atoms with Crippen molar-refractivity contribution in [3.05, 3.63) is 74.3 Å². The summed E-state index contributed by atoms with van der Waals surface area (Å²) in [4.78, 5) is 46.2. The number of thioether (sulfide) groups is 1. The zero-order chi connectivity index (χ0) is 33.6. The number of fused-ring (bicyclic) bond motifs is 1. The van der Waals surface area contributed by atoms with Crippen LogP contribution in [0.15, 0.2) is 52.1 Å². The topological polar surface area (TPSA) is 72.4 Å². The molecule has 0 bridgehead atoms. The molecule has 8 nitrogen and oxygen atoms in total. The standard InChI is InChI=1S/C34H38Cl2F2N6O2S/c1-18(2)27-28(31(46)42-16-22(37)13-25(42)30(45)43-17-34(10-11-34)41(5)15-19(43)3)47-32-40-33(4,21-7-9-26(36)39-14-21)29(44(27)32)20-6-8-23(35)24(38)12-20/h6-9,12,14,18-19,22,25,29H,10-11,13,15-17H2,1-5H3/t19-,22-,25+,29-,33+/m1/s1. The lowest BCUT2D eigenvalue weighted by Gasteiger charge is -2.45. The Morgan fingerprint density at radius 3 is 2.49 bits per heavy atom. The number of hydrogen-bond donors (Lipinski definition) is 0. The Labute approximate surface area is 288 Å². The number of carbonyl (C=O) groups is 2. The molecule has 4 aliphatic heterocycles. The van der Waals surface area contributed by atoms with Crippen LogP contribution in [0.3, 0.4) is 0 Å². The highest BCUT2D eigenvalue weighted by Crippen LogP contribution is 2.56. The van der Waals surface area contributed by atoms with Crippen LogP contribution >= 0.6 is 35.0 Å². The summed E-state index contributed by atoms with van der Waals surface area (Å²) in [6.45, 7) is 9.12. The molecule has 2 aromatic rings. The number of allylic oxidation sites excluding steroid dienone is 1. The molecule has 7 rings (SSSR count). The summed E-state index contributed by atoms with van der Waals surface area (Å²) in [6.07, 6.45) is 2.40. The maximum atomic E-state index is 15.2. The Morgan fingerprint density at radius 1 is 1.11 bits per heavy atom. The third kappa shape index (κ3) is 5.36. The Kier molecular flexibility index (Phi) is 8.17. The van der Waals surface area contributed by atoms with Crippen LogP contribution in [0, 0.1) is 11.7 Å². The van der Waals surface area contributed by atoms with Crippen molar-refractivity contribution >= 4 is 51.9 Å². The fourth-order valence-corrected chi connectivity index (χ4v) is 9.41. The average Bonchev–Trinajstić information content (AvgIpc) is 3.41. The fourth-order valence-electron chi connectivity index (χ4n) is 7.82. The number of halogens is 4. The predicted molar refractivity (Wildman–Crippen MR) is 180 cm³/mol. The van der Waals surface area contributed by atoms with E-state index in [-0.39, 0.29) is 47.3 Å². The Hall–Kier alpha value is -2.73. The van der Waals surface area contributed by atoms with Gasteiger partial charge in [0.05, 0.1) is 17.6 Å². The molecule has 1 spiro atoms. The molecule has 47 heavy (non-hydrogen) atoms. The number of amidine groups is 1. The number of likely N-dealkylation sites (tertiary alicyclic amines) is 1. The molecule has 0 radical (unpaired) electrons. The number of nitrogens with zero attached hydrogens (tertiary/aromatic N) is 6. The average molecular weight is 704 g/mol. The van der Waals surface area contributed by atoms with Crippen molar-refractivity contribution in [2.75, 3.05) is 26.7 Å². The predicted octanol–water partition coefficient (Wildman–Crippen LogP) is 6.40. The molecule has 0 N–H and O–H groups in total. The van der Waals surface area contributed by atoms with Crippen LogP contribution in [-0.2, 0) is 15.1 Å². The maximum absolute atomic E-state index is 15.2. The van der Waals surface area contributed by atoms with Gasteiger partial charge in [-0.25, -0.2) is 18.8 Å². The van der Waals surface area contributed by atoms with E-state index in [1.807, 2.05) is 43.6 Å². The number of piperazine rings is 1. The molecule has 2 amide bonds. The van der Waals surface area contributed by atoms with Crippen LogP contribution in [-0.4, -0.2) is 92.0 Å². The summed E-state index contributed by atoms with van der Waals surface area (Å²) in [5.74, 6) is -1.29. The quantitative estimate of drug-likeness (QED) is 0.336. The summed E-state index contributed by atoms with van der Waals surface area (Å²) >= 11 is 13.4. The molecule has 5 aliphatic rings. The van der Waals surface area contributed by atoms with Crippen LogP contribution in [0.4, 0.5) is 8.78 Å². The molecular weight excluding hydrogens is 665 g/mol. The minimum atomic E-state index is -1.30. The number of hydrogen-bond acceptors (Lipinski definition) is 7. The Balaban J connectivity index is 1.26. The van der Waals surface area contributed by atoms with Crippen molar-refractivity contribution in [2.45, 2.75) is 82.3 Å². The van der Waals surface area contributed by atoms with Gasteiger partial charge in [0.25, 0.3) is 5.91 Å². The lowest BCUT2D eigenvalue weighted by atomic mass is 9.81. The van der Waals surface area contributed by atoms with E-state index < -0.39 is 29.6 Å². The molecule has 250 valence electrons. The van der Waals surface area contributed by atoms with E-state index in [1.54, 1.807) is 18.3 Å². The van der Waals surface area contributed by atoms with Crippen molar-refractivity contribution in [2.24, 2.45) is 10.9 Å². The second-order valence-electron chi connectivity index (χ2n) is 14.1. The summed E-state index contributed by atoms with van der Waals surface area (Å²) in [5.41, 5.74) is 1.14. The zero-order valence-corrected chi connectivity index (χ0v) is 29.3. The van der Waals surface area contributed by atoms with Gasteiger partial charge in [-0.2, -0.15) is 0 Å². The number of aliphatic imine (C=N–C) groups is 1. The summed E-state index contributed by atoms with van der Waals surface area (Å²) in [5, 5.41) is 0.903. The van der Waals surface area contributed by atoms with Gasteiger partial charge < -0.3 is 14.7 Å². The lowest BCUT2D eigenvalue weighted by molar-refractivity contribution is -0.146. The van der Waals surface area contributed by atoms with Gasteiger partial charge in [0.2, 0.25) is 5.91 Å². The molecule has 5 heterocycles. The molecule has 1 aliphatic carbocycles. The van der Waals surface area contributed by atoms with E-state index >= 15 is 4.39 Å². The highest BCUT2D eigenvalue weighted by atomic mass is 35.5. The minimum Gasteiger partial charge on any atom is -0.335 e. The van der Waals surface area contributed by atoms with E-state index in [1.165, 1.54) is 28.8 Å². The number of rotatable bonds is 5. The number of aromatic nitrogens is 1. The van der Waals surface area contributed by atoms with E-state index in [9.17, 15) is 14.0 Å². The second-order valence-corrected chi connectivity index (χ2v) is 15.8. The molecule has 5 atom stereocenters. The Morgan fingerprint density at radius 2 is 1.85 bits per heavy atom. The van der Waals surface area contributed by atoms with Crippen molar-refractivity contribution in [1.82, 2.24) is 24.6 Å². The monoisotopic (exact) mass is 702 g/mol. The zero-order valence-electron chi connectivity index (χ0n) is 27.0. The Bertz CT molecular complexity index is 1700. The highest BCUT2D eigenvalue weighted by Gasteiger charge is 2.56. The molecule has 1 aromatic heterocycles. The molecular formula is C34H38Cl2F2N6O2S. The molecule has 0 unspecified atom stereocenters. The van der Waals surface area contributed by atoms with Gasteiger partial charge in [-0.1, -0.05) is 49.2 Å². The van der Waals surface area contributed by atoms with Gasteiger partial charge in [-0.15, -0.1) is 0 Å². The minimum absolute atomic E-state index is 0.00170. The third-order valence-electron chi connectivity index (χ3n) is 10.6.